The van der Waals surface area contributed by atoms with Crippen LogP contribution in [-0.4, -0.2) is 70.9 Å². The summed E-state index contributed by atoms with van der Waals surface area (Å²) in [5.41, 5.74) is 14.0. The van der Waals surface area contributed by atoms with Gasteiger partial charge in [-0.3, -0.25) is 9.69 Å². The molecule has 3 aromatic carbocycles. The number of thioether (sulfide) groups is 1. The summed E-state index contributed by atoms with van der Waals surface area (Å²) in [6, 6.07) is 20.6. The number of carbonyl (C=O) groups is 4. The minimum Gasteiger partial charge on any atom is -0.480 e. The lowest BCUT2D eigenvalue weighted by Crippen LogP contribution is -2.47. The maximum Gasteiger partial charge on any atom is 0.411 e. The maximum absolute atomic E-state index is 12.8. The van der Waals surface area contributed by atoms with E-state index in [9.17, 15) is 24.3 Å². The van der Waals surface area contributed by atoms with Gasteiger partial charge < -0.3 is 25.2 Å². The van der Waals surface area contributed by atoms with E-state index >= 15 is 0 Å². The fourth-order valence-corrected chi connectivity index (χ4v) is 6.76. The van der Waals surface area contributed by atoms with E-state index in [1.54, 1.807) is 24.3 Å². The van der Waals surface area contributed by atoms with Crippen molar-refractivity contribution in [2.75, 3.05) is 24.8 Å². The molecule has 3 N–H and O–H groups in total. The van der Waals surface area contributed by atoms with E-state index in [0.717, 1.165) is 22.3 Å². The molecule has 2 aliphatic rings. The molecule has 1 heterocycles. The van der Waals surface area contributed by atoms with Crippen molar-refractivity contribution in [1.82, 2.24) is 15.5 Å². The van der Waals surface area contributed by atoms with E-state index in [1.165, 1.54) is 16.7 Å². The summed E-state index contributed by atoms with van der Waals surface area (Å²) < 4.78 is 10.9. The Kier molecular flexibility index (Phi) is 11.2. The SMILES string of the molecule is [N-]=[N+]=Nc1ccc(COC(=O)N2CSC[C@H]2C(=O)NCCCC[C@H](NC(=O)OCC2c3ccccc3-c3ccccc32)C(=O)O)cc1. The number of carbonyl (C=O) groups excluding carboxylic acids is 3. The molecule has 1 saturated heterocycles. The quantitative estimate of drug-likeness (QED) is 0.0875. The average Bonchev–Trinajstić information content (AvgIpc) is 3.70. The summed E-state index contributed by atoms with van der Waals surface area (Å²) in [5.74, 6) is -0.898. The lowest BCUT2D eigenvalue weighted by atomic mass is 9.98. The number of alkyl carbamates (subject to hydrolysis) is 1. The summed E-state index contributed by atoms with van der Waals surface area (Å²) in [6.07, 6.45) is -0.374. The number of fused-ring (bicyclic) bond motifs is 3. The zero-order valence-corrected chi connectivity index (χ0v) is 26.2. The first-order valence-corrected chi connectivity index (χ1v) is 16.3. The van der Waals surface area contributed by atoms with Crippen LogP contribution in [0.3, 0.4) is 0 Å². The van der Waals surface area contributed by atoms with Gasteiger partial charge in [-0.2, -0.15) is 0 Å². The summed E-state index contributed by atoms with van der Waals surface area (Å²) in [5, 5.41) is 18.4. The second-order valence-corrected chi connectivity index (χ2v) is 12.0. The van der Waals surface area contributed by atoms with Gasteiger partial charge in [0.25, 0.3) is 0 Å². The molecule has 14 heteroatoms. The normalized spacial score (nSPS) is 15.5. The van der Waals surface area contributed by atoms with Crippen LogP contribution in [0.4, 0.5) is 15.3 Å². The summed E-state index contributed by atoms with van der Waals surface area (Å²) >= 11 is 1.44. The molecule has 0 bridgehead atoms. The number of nitrogens with zero attached hydrogens (tertiary/aromatic N) is 4. The molecule has 0 saturated carbocycles. The molecule has 2 atom stereocenters. The van der Waals surface area contributed by atoms with Crippen molar-refractivity contribution in [3.8, 4) is 11.1 Å². The number of unbranched alkanes of at least 4 members (excludes halogenated alkanes) is 1. The number of carboxylic acids is 1. The zero-order valence-electron chi connectivity index (χ0n) is 25.4. The van der Waals surface area contributed by atoms with Gasteiger partial charge in [0, 0.05) is 28.8 Å². The number of hydrogen-bond donors (Lipinski definition) is 3. The number of rotatable bonds is 13. The predicted octanol–water partition coefficient (Wildman–Crippen LogP) is 5.92. The predicted molar refractivity (Wildman–Crippen MR) is 175 cm³/mol. The molecule has 0 unspecified atom stereocenters. The number of carboxylic acid groups (broad SMARTS) is 1. The van der Waals surface area contributed by atoms with Gasteiger partial charge >= 0.3 is 18.2 Å². The molecule has 1 aliphatic carbocycles. The Morgan fingerprint density at radius 2 is 1.66 bits per heavy atom. The van der Waals surface area contributed by atoms with Crippen LogP contribution in [0.5, 0.6) is 0 Å². The first-order valence-electron chi connectivity index (χ1n) is 15.1. The van der Waals surface area contributed by atoms with Crippen molar-refractivity contribution >= 4 is 41.5 Å². The van der Waals surface area contributed by atoms with Gasteiger partial charge in [0.05, 0.1) is 5.88 Å². The van der Waals surface area contributed by atoms with Gasteiger partial charge in [0.15, 0.2) is 0 Å². The lowest BCUT2D eigenvalue weighted by Gasteiger charge is -2.22. The standard InChI is InChI=1S/C33H34N6O7S/c34-38-37-22-14-12-21(13-15-22)17-46-33(44)39-20-47-19-29(39)30(40)35-16-6-5-11-28(31(41)42)36-32(43)45-18-27-25-9-3-1-7-23(25)24-8-2-4-10-26(24)27/h1-4,7-10,12-15,27-29H,5-6,11,16-20H2,(H,35,40)(H,36,43)(H,41,42)/t28-,29-/m0/s1. The Labute approximate surface area is 275 Å². The summed E-state index contributed by atoms with van der Waals surface area (Å²) in [4.78, 5) is 54.1. The highest BCUT2D eigenvalue weighted by atomic mass is 32.2. The van der Waals surface area contributed by atoms with Crippen LogP contribution in [0.1, 0.15) is 41.9 Å². The van der Waals surface area contributed by atoms with Crippen molar-refractivity contribution in [3.63, 3.8) is 0 Å². The Morgan fingerprint density at radius 1 is 0.979 bits per heavy atom. The third-order valence-electron chi connectivity index (χ3n) is 8.03. The van der Waals surface area contributed by atoms with Crippen LogP contribution in [0, 0.1) is 0 Å². The first kappa shape index (κ1) is 33.2. The number of azide groups is 1. The molecule has 0 radical (unpaired) electrons. The monoisotopic (exact) mass is 658 g/mol. The Bertz CT molecular complexity index is 1620. The van der Waals surface area contributed by atoms with Crippen LogP contribution in [0.2, 0.25) is 0 Å². The van der Waals surface area contributed by atoms with Crippen LogP contribution in [0.25, 0.3) is 21.6 Å². The Morgan fingerprint density at radius 3 is 2.32 bits per heavy atom. The van der Waals surface area contributed by atoms with E-state index in [4.69, 9.17) is 15.0 Å². The van der Waals surface area contributed by atoms with Crippen molar-refractivity contribution in [3.05, 3.63) is 99.9 Å². The van der Waals surface area contributed by atoms with E-state index < -0.39 is 30.2 Å². The topological polar surface area (TPSA) is 183 Å². The first-order chi connectivity index (χ1) is 22.9. The van der Waals surface area contributed by atoms with Crippen molar-refractivity contribution < 1.29 is 33.8 Å². The average molecular weight is 659 g/mol. The third kappa shape index (κ3) is 8.34. The molecule has 1 aliphatic heterocycles. The van der Waals surface area contributed by atoms with E-state index in [-0.39, 0.29) is 38.0 Å². The lowest BCUT2D eigenvalue weighted by molar-refractivity contribution is -0.139. The molecule has 1 fully saturated rings. The minimum atomic E-state index is -1.17. The molecule has 0 aromatic heterocycles. The van der Waals surface area contributed by atoms with E-state index in [1.807, 2.05) is 48.5 Å². The summed E-state index contributed by atoms with van der Waals surface area (Å²) in [6.45, 7) is 0.353. The number of nitrogens with one attached hydrogen (secondary N) is 2. The van der Waals surface area contributed by atoms with E-state index in [2.05, 4.69) is 20.7 Å². The molecule has 244 valence electrons. The molecule has 3 amide bonds. The van der Waals surface area contributed by atoms with Gasteiger partial charge in [-0.25, -0.2) is 14.4 Å². The molecular formula is C33H34N6O7S. The van der Waals surface area contributed by atoms with Gasteiger partial charge in [0.2, 0.25) is 5.91 Å². The highest BCUT2D eigenvalue weighted by Gasteiger charge is 2.35. The maximum atomic E-state index is 12.8. The number of hydrogen-bond acceptors (Lipinski definition) is 8. The largest absolute Gasteiger partial charge is 0.480 e. The minimum absolute atomic E-state index is 0.000293. The molecule has 3 aromatic rings. The number of benzene rings is 3. The fraction of sp³-hybridized carbons (Fsp3) is 0.333. The van der Waals surface area contributed by atoms with E-state index in [0.29, 0.717) is 35.7 Å². The van der Waals surface area contributed by atoms with Gasteiger partial charge in [-0.15, -0.1) is 11.8 Å². The van der Waals surface area contributed by atoms with Crippen molar-refractivity contribution in [2.45, 2.75) is 43.9 Å². The second-order valence-electron chi connectivity index (χ2n) is 11.0. The van der Waals surface area contributed by atoms with Gasteiger partial charge in [-0.05, 0) is 52.6 Å². The van der Waals surface area contributed by atoms with Crippen LogP contribution >= 0.6 is 11.8 Å². The number of aliphatic carboxylic acids is 1. The third-order valence-corrected chi connectivity index (χ3v) is 9.04. The fourth-order valence-electron chi connectivity index (χ4n) is 5.62. The zero-order chi connectivity index (χ0) is 33.2. The smallest absolute Gasteiger partial charge is 0.411 e. The Hall–Kier alpha value is -5.20. The van der Waals surface area contributed by atoms with Crippen LogP contribution in [0.15, 0.2) is 77.9 Å². The summed E-state index contributed by atoms with van der Waals surface area (Å²) in [7, 11) is 0. The second kappa shape index (κ2) is 15.9. The van der Waals surface area contributed by atoms with Gasteiger partial charge in [-0.1, -0.05) is 77.9 Å². The van der Waals surface area contributed by atoms with Gasteiger partial charge in [0.1, 0.15) is 25.3 Å². The highest BCUT2D eigenvalue weighted by Crippen LogP contribution is 2.44. The molecule has 0 spiro atoms. The number of ether oxygens (including phenoxy) is 2. The molecule has 5 rings (SSSR count). The molecule has 13 nitrogen and oxygen atoms in total. The Balaban J connectivity index is 1.02. The van der Waals surface area contributed by atoms with Crippen molar-refractivity contribution in [1.29, 1.82) is 0 Å². The molecule has 47 heavy (non-hydrogen) atoms. The van der Waals surface area contributed by atoms with Crippen LogP contribution in [-0.2, 0) is 25.7 Å². The molecular weight excluding hydrogens is 624 g/mol. The highest BCUT2D eigenvalue weighted by molar-refractivity contribution is 7.99. The number of amides is 3. The van der Waals surface area contributed by atoms with Crippen molar-refractivity contribution in [2.24, 2.45) is 5.11 Å². The van der Waals surface area contributed by atoms with Crippen LogP contribution < -0.4 is 10.6 Å².